The fraction of sp³-hybridized carbons (Fsp3) is 0.0385. The number of carbonyl (C=O) groups is 2. The molecule has 0 spiro atoms. The van der Waals surface area contributed by atoms with Crippen LogP contribution < -0.4 is 10.6 Å². The Bertz CT molecular complexity index is 1320. The Morgan fingerprint density at radius 2 is 1.78 bits per heavy atom. The minimum Gasteiger partial charge on any atom is -0.459 e. The lowest BCUT2D eigenvalue weighted by atomic mass is 10.1. The van der Waals surface area contributed by atoms with Crippen molar-refractivity contribution in [2.75, 3.05) is 10.6 Å². The molecule has 2 aromatic heterocycles. The van der Waals surface area contributed by atoms with Crippen molar-refractivity contribution in [3.8, 4) is 11.8 Å². The second-order valence-electron chi connectivity index (χ2n) is 6.96. The third-order valence-corrected chi connectivity index (χ3v) is 4.61. The molecule has 32 heavy (non-hydrogen) atoms. The monoisotopic (exact) mass is 421 g/mol. The third kappa shape index (κ3) is 5.10. The fourth-order valence-corrected chi connectivity index (χ4v) is 2.94. The largest absolute Gasteiger partial charge is 0.459 e. The van der Waals surface area contributed by atoms with Crippen LogP contribution >= 0.6 is 0 Å². The van der Waals surface area contributed by atoms with Crippen LogP contribution in [0.1, 0.15) is 37.7 Å². The van der Waals surface area contributed by atoms with Crippen molar-refractivity contribution >= 4 is 23.2 Å². The maximum Gasteiger partial charge on any atom is 0.291 e. The van der Waals surface area contributed by atoms with Gasteiger partial charge in [0.2, 0.25) is 0 Å². The molecule has 4 rings (SSSR count). The van der Waals surface area contributed by atoms with E-state index in [2.05, 4.69) is 27.5 Å². The van der Waals surface area contributed by atoms with Gasteiger partial charge in [-0.05, 0) is 73.0 Å². The molecule has 0 atom stereocenters. The molecule has 0 aliphatic heterocycles. The summed E-state index contributed by atoms with van der Waals surface area (Å²) < 4.78 is 5.12. The van der Waals surface area contributed by atoms with Gasteiger partial charge in [-0.2, -0.15) is 0 Å². The molecule has 0 aliphatic rings. The number of hydrogen-bond donors (Lipinski definition) is 2. The van der Waals surface area contributed by atoms with Crippen LogP contribution in [0.5, 0.6) is 0 Å². The lowest BCUT2D eigenvalue weighted by Gasteiger charge is -2.10. The Labute approximate surface area is 185 Å². The molecule has 2 amide bonds. The summed E-state index contributed by atoms with van der Waals surface area (Å²) in [5.74, 6) is 5.56. The number of aryl methyl sites for hydroxylation is 1. The lowest BCUT2D eigenvalue weighted by Crippen LogP contribution is -2.15. The highest BCUT2D eigenvalue weighted by molar-refractivity contribution is 6.07. The summed E-state index contributed by atoms with van der Waals surface area (Å²) in [5, 5.41) is 5.65. The number of carbonyl (C=O) groups excluding carboxylic acids is 2. The van der Waals surface area contributed by atoms with Gasteiger partial charge in [-0.25, -0.2) is 4.98 Å². The molecule has 6 nitrogen and oxygen atoms in total. The molecular weight excluding hydrogens is 402 g/mol. The fourth-order valence-electron chi connectivity index (χ4n) is 2.94. The quantitative estimate of drug-likeness (QED) is 0.460. The summed E-state index contributed by atoms with van der Waals surface area (Å²) in [4.78, 5) is 29.2. The third-order valence-electron chi connectivity index (χ3n) is 4.61. The molecule has 0 bridgehead atoms. The van der Waals surface area contributed by atoms with Crippen LogP contribution in [0.3, 0.4) is 0 Å². The zero-order valence-electron chi connectivity index (χ0n) is 17.3. The van der Waals surface area contributed by atoms with Crippen molar-refractivity contribution in [2.24, 2.45) is 0 Å². The number of amides is 2. The van der Waals surface area contributed by atoms with Crippen molar-refractivity contribution in [2.45, 2.75) is 6.92 Å². The molecule has 156 valence electrons. The number of nitrogens with zero attached hydrogens (tertiary/aromatic N) is 1. The highest BCUT2D eigenvalue weighted by Gasteiger charge is 2.13. The number of aromatic nitrogens is 1. The number of hydrogen-bond acceptors (Lipinski definition) is 4. The number of anilines is 2. The molecule has 0 saturated carbocycles. The van der Waals surface area contributed by atoms with Crippen LogP contribution in [-0.2, 0) is 0 Å². The van der Waals surface area contributed by atoms with Gasteiger partial charge in [-0.15, -0.1) is 0 Å². The van der Waals surface area contributed by atoms with Crippen LogP contribution in [0.4, 0.5) is 11.4 Å². The first-order valence-corrected chi connectivity index (χ1v) is 9.88. The van der Waals surface area contributed by atoms with E-state index in [1.54, 1.807) is 48.7 Å². The molecule has 4 aromatic rings. The van der Waals surface area contributed by atoms with Crippen LogP contribution in [0.25, 0.3) is 0 Å². The summed E-state index contributed by atoms with van der Waals surface area (Å²) >= 11 is 0. The summed E-state index contributed by atoms with van der Waals surface area (Å²) in [6.07, 6.45) is 3.12. The smallest absolute Gasteiger partial charge is 0.291 e. The standard InChI is InChI=1S/C26H19N3O3/c1-18-10-12-20(17-23(18)29-26(31)24-9-5-15-32-24)25(30)28-22-8-4-6-19(16-22)11-13-21-7-2-3-14-27-21/h2-10,12,14-17H,1H3,(H,28,30)(H,29,31). The molecule has 0 radical (unpaired) electrons. The molecular formula is C26H19N3O3. The van der Waals surface area contributed by atoms with E-state index in [0.29, 0.717) is 22.6 Å². The van der Waals surface area contributed by atoms with Gasteiger partial charge in [0.15, 0.2) is 5.76 Å². The molecule has 2 N–H and O–H groups in total. The van der Waals surface area contributed by atoms with E-state index in [9.17, 15) is 9.59 Å². The first kappa shape index (κ1) is 20.6. The number of pyridine rings is 1. The molecule has 2 aromatic carbocycles. The Kier molecular flexibility index (Phi) is 6.10. The predicted octanol–water partition coefficient (Wildman–Crippen LogP) is 4.89. The van der Waals surface area contributed by atoms with Crippen LogP contribution in [-0.4, -0.2) is 16.8 Å². The first-order chi connectivity index (χ1) is 15.6. The van der Waals surface area contributed by atoms with E-state index in [1.165, 1.54) is 6.26 Å². The van der Waals surface area contributed by atoms with Crippen LogP contribution in [0.2, 0.25) is 0 Å². The Morgan fingerprint density at radius 1 is 0.875 bits per heavy atom. The van der Waals surface area contributed by atoms with Gasteiger partial charge in [-0.3, -0.25) is 9.59 Å². The number of benzene rings is 2. The Balaban J connectivity index is 1.48. The van der Waals surface area contributed by atoms with Crippen molar-refractivity contribution in [3.63, 3.8) is 0 Å². The average molecular weight is 421 g/mol. The number of nitrogens with one attached hydrogen (secondary N) is 2. The topological polar surface area (TPSA) is 84.2 Å². The van der Waals surface area contributed by atoms with Crippen molar-refractivity contribution in [3.05, 3.63) is 113 Å². The van der Waals surface area contributed by atoms with Gasteiger partial charge >= 0.3 is 0 Å². The number of rotatable bonds is 4. The van der Waals surface area contributed by atoms with Crippen LogP contribution in [0.15, 0.2) is 89.7 Å². The van der Waals surface area contributed by atoms with Gasteiger partial charge in [0.25, 0.3) is 11.8 Å². The van der Waals surface area contributed by atoms with Gasteiger partial charge in [0, 0.05) is 28.7 Å². The van der Waals surface area contributed by atoms with E-state index in [4.69, 9.17) is 4.42 Å². The summed E-state index contributed by atoms with van der Waals surface area (Å²) in [5.41, 5.74) is 3.82. The number of furan rings is 1. The first-order valence-electron chi connectivity index (χ1n) is 9.88. The molecule has 2 heterocycles. The molecule has 0 unspecified atom stereocenters. The van der Waals surface area contributed by atoms with Crippen molar-refractivity contribution < 1.29 is 14.0 Å². The Hall–Kier alpha value is -4.63. The summed E-state index contributed by atoms with van der Waals surface area (Å²) in [7, 11) is 0. The van der Waals surface area contributed by atoms with Crippen molar-refractivity contribution in [1.82, 2.24) is 4.98 Å². The lowest BCUT2D eigenvalue weighted by molar-refractivity contribution is 0.0993. The van der Waals surface area contributed by atoms with E-state index in [1.807, 2.05) is 37.3 Å². The molecule has 0 aliphatic carbocycles. The highest BCUT2D eigenvalue weighted by Crippen LogP contribution is 2.20. The minimum atomic E-state index is -0.380. The van der Waals surface area contributed by atoms with Gasteiger partial charge in [0.1, 0.15) is 5.69 Å². The van der Waals surface area contributed by atoms with Gasteiger partial charge in [-0.1, -0.05) is 24.1 Å². The minimum absolute atomic E-state index is 0.197. The van der Waals surface area contributed by atoms with Crippen molar-refractivity contribution in [1.29, 1.82) is 0 Å². The van der Waals surface area contributed by atoms with E-state index < -0.39 is 0 Å². The zero-order chi connectivity index (χ0) is 22.3. The second kappa shape index (κ2) is 9.45. The van der Waals surface area contributed by atoms with E-state index in [0.717, 1.165) is 11.1 Å². The van der Waals surface area contributed by atoms with Crippen LogP contribution in [0, 0.1) is 18.8 Å². The summed E-state index contributed by atoms with van der Waals surface area (Å²) in [6, 6.07) is 21.1. The molecule has 6 heteroatoms. The maximum atomic E-state index is 12.8. The highest BCUT2D eigenvalue weighted by atomic mass is 16.3. The SMILES string of the molecule is Cc1ccc(C(=O)Nc2cccc(C#Cc3ccccn3)c2)cc1NC(=O)c1ccco1. The predicted molar refractivity (Wildman–Crippen MR) is 122 cm³/mol. The van der Waals surface area contributed by atoms with Gasteiger partial charge in [0.05, 0.1) is 6.26 Å². The van der Waals surface area contributed by atoms with E-state index in [-0.39, 0.29) is 17.6 Å². The molecule has 0 saturated heterocycles. The van der Waals surface area contributed by atoms with Gasteiger partial charge < -0.3 is 15.1 Å². The molecule has 0 fully saturated rings. The normalized spacial score (nSPS) is 10.0. The summed E-state index contributed by atoms with van der Waals surface area (Å²) in [6.45, 7) is 1.85. The second-order valence-corrected chi connectivity index (χ2v) is 6.96. The van der Waals surface area contributed by atoms with E-state index >= 15 is 0 Å². The Morgan fingerprint density at radius 3 is 2.56 bits per heavy atom. The maximum absolute atomic E-state index is 12.8. The average Bonchev–Trinajstić information content (AvgIpc) is 3.35. The zero-order valence-corrected chi connectivity index (χ0v) is 17.3.